The van der Waals surface area contributed by atoms with Crippen LogP contribution < -0.4 is 5.32 Å². The molecule has 1 heterocycles. The number of carbonyl (C=O) groups is 2. The first-order valence-corrected chi connectivity index (χ1v) is 4.45. The molecule has 1 amide bonds. The summed E-state index contributed by atoms with van der Waals surface area (Å²) in [7, 11) is 0. The molecule has 82 valence electrons. The minimum absolute atomic E-state index is 0.0877. The highest BCUT2D eigenvalue weighted by atomic mass is 16.5. The first-order valence-electron chi connectivity index (χ1n) is 4.45. The van der Waals surface area contributed by atoms with Crippen LogP contribution in [0.25, 0.3) is 0 Å². The number of nitrogens with zero attached hydrogens (tertiary/aromatic N) is 1. The molecular weight excluding hydrogens is 200 g/mol. The molecule has 0 aliphatic carbocycles. The van der Waals surface area contributed by atoms with Crippen LogP contribution in [0.15, 0.2) is 10.6 Å². The zero-order chi connectivity index (χ0) is 11.4. The Morgan fingerprint density at radius 2 is 2.33 bits per heavy atom. The molecule has 0 spiro atoms. The second kappa shape index (κ2) is 4.59. The third-order valence-corrected chi connectivity index (χ3v) is 1.71. The minimum atomic E-state index is -0.962. The van der Waals surface area contributed by atoms with Gasteiger partial charge in [0.2, 0.25) is 5.76 Å². The number of nitrogens with one attached hydrogen (secondary N) is 1. The summed E-state index contributed by atoms with van der Waals surface area (Å²) in [6.07, 6.45) is -0.126. The molecule has 15 heavy (non-hydrogen) atoms. The first-order chi connectivity index (χ1) is 6.99. The maximum absolute atomic E-state index is 11.4. The van der Waals surface area contributed by atoms with Gasteiger partial charge in [-0.05, 0) is 13.8 Å². The van der Waals surface area contributed by atoms with E-state index < -0.39 is 17.9 Å². The van der Waals surface area contributed by atoms with Crippen molar-refractivity contribution in [2.75, 3.05) is 0 Å². The topological polar surface area (TPSA) is 92.4 Å². The van der Waals surface area contributed by atoms with Gasteiger partial charge in [0.15, 0.2) is 0 Å². The van der Waals surface area contributed by atoms with Crippen molar-refractivity contribution < 1.29 is 19.2 Å². The average molecular weight is 212 g/mol. The standard InChI is InChI=1S/C9H12N2O4/c1-5(4-8(12)13)10-9(14)7-3-6(2)11-15-7/h3,5H,4H2,1-2H3,(H,10,14)(H,12,13). The first kappa shape index (κ1) is 11.2. The lowest BCUT2D eigenvalue weighted by Crippen LogP contribution is -2.33. The van der Waals surface area contributed by atoms with E-state index in [1.54, 1.807) is 13.8 Å². The van der Waals surface area contributed by atoms with E-state index in [4.69, 9.17) is 9.63 Å². The maximum Gasteiger partial charge on any atom is 0.305 e. The van der Waals surface area contributed by atoms with Crippen molar-refractivity contribution in [2.45, 2.75) is 26.3 Å². The highest BCUT2D eigenvalue weighted by molar-refractivity contribution is 5.91. The predicted octanol–water partition coefficient (Wildman–Crippen LogP) is 0.576. The van der Waals surface area contributed by atoms with Crippen molar-refractivity contribution in [1.29, 1.82) is 0 Å². The van der Waals surface area contributed by atoms with Crippen LogP contribution >= 0.6 is 0 Å². The fourth-order valence-electron chi connectivity index (χ4n) is 1.08. The van der Waals surface area contributed by atoms with Gasteiger partial charge >= 0.3 is 5.97 Å². The highest BCUT2D eigenvalue weighted by Gasteiger charge is 2.15. The summed E-state index contributed by atoms with van der Waals surface area (Å²) in [5.41, 5.74) is 0.603. The Morgan fingerprint density at radius 3 is 2.80 bits per heavy atom. The Bertz CT molecular complexity index is 372. The zero-order valence-corrected chi connectivity index (χ0v) is 8.48. The lowest BCUT2D eigenvalue weighted by molar-refractivity contribution is -0.137. The van der Waals surface area contributed by atoms with Crippen LogP contribution in [0, 0.1) is 6.92 Å². The van der Waals surface area contributed by atoms with Crippen LogP contribution in [-0.2, 0) is 4.79 Å². The summed E-state index contributed by atoms with van der Waals surface area (Å²) >= 11 is 0. The molecule has 0 aliphatic rings. The smallest absolute Gasteiger partial charge is 0.305 e. The molecule has 1 aromatic rings. The summed E-state index contributed by atoms with van der Waals surface area (Å²) < 4.78 is 4.72. The molecule has 0 saturated carbocycles. The molecule has 0 fully saturated rings. The van der Waals surface area contributed by atoms with E-state index in [9.17, 15) is 9.59 Å². The molecule has 0 aliphatic heterocycles. The summed E-state index contributed by atoms with van der Waals surface area (Å²) in [5.74, 6) is -1.33. The van der Waals surface area contributed by atoms with E-state index in [0.717, 1.165) is 0 Å². The Morgan fingerprint density at radius 1 is 1.67 bits per heavy atom. The van der Waals surface area contributed by atoms with Gasteiger partial charge in [-0.2, -0.15) is 0 Å². The second-order valence-electron chi connectivity index (χ2n) is 3.30. The van der Waals surface area contributed by atoms with Gasteiger partial charge in [-0.25, -0.2) is 0 Å². The van der Waals surface area contributed by atoms with E-state index in [1.807, 2.05) is 0 Å². The molecule has 1 rings (SSSR count). The Balaban J connectivity index is 2.52. The maximum atomic E-state index is 11.4. The second-order valence-corrected chi connectivity index (χ2v) is 3.30. The highest BCUT2D eigenvalue weighted by Crippen LogP contribution is 2.02. The summed E-state index contributed by atoms with van der Waals surface area (Å²) in [6, 6.07) is 1.04. The quantitative estimate of drug-likeness (QED) is 0.761. The van der Waals surface area contributed by atoms with Gasteiger partial charge in [-0.1, -0.05) is 5.16 Å². The fraction of sp³-hybridized carbons (Fsp3) is 0.444. The molecule has 6 nitrogen and oxygen atoms in total. The third-order valence-electron chi connectivity index (χ3n) is 1.71. The molecule has 0 aromatic carbocycles. The predicted molar refractivity (Wildman–Crippen MR) is 50.4 cm³/mol. The molecule has 0 bridgehead atoms. The minimum Gasteiger partial charge on any atom is -0.481 e. The average Bonchev–Trinajstić information content (AvgIpc) is 2.49. The van der Waals surface area contributed by atoms with Crippen LogP contribution in [0.5, 0.6) is 0 Å². The number of aromatic nitrogens is 1. The monoisotopic (exact) mass is 212 g/mol. The molecule has 0 saturated heterocycles. The Kier molecular flexibility index (Phi) is 3.43. The number of carbonyl (C=O) groups excluding carboxylic acids is 1. The van der Waals surface area contributed by atoms with Crippen LogP contribution in [-0.4, -0.2) is 28.2 Å². The van der Waals surface area contributed by atoms with Gasteiger partial charge in [0, 0.05) is 12.1 Å². The molecule has 1 aromatic heterocycles. The van der Waals surface area contributed by atoms with Crippen LogP contribution in [0.2, 0.25) is 0 Å². The third kappa shape index (κ3) is 3.41. The molecule has 6 heteroatoms. The number of carboxylic acid groups (broad SMARTS) is 1. The number of hydrogen-bond donors (Lipinski definition) is 2. The van der Waals surface area contributed by atoms with Gasteiger partial charge in [0.05, 0.1) is 12.1 Å². The van der Waals surface area contributed by atoms with Crippen molar-refractivity contribution in [1.82, 2.24) is 10.5 Å². The molecule has 2 N–H and O–H groups in total. The van der Waals surface area contributed by atoms with Gasteiger partial charge < -0.3 is 14.9 Å². The van der Waals surface area contributed by atoms with Crippen molar-refractivity contribution >= 4 is 11.9 Å². The van der Waals surface area contributed by atoms with E-state index in [-0.39, 0.29) is 12.2 Å². The lowest BCUT2D eigenvalue weighted by Gasteiger charge is -2.08. The van der Waals surface area contributed by atoms with E-state index >= 15 is 0 Å². The fourth-order valence-corrected chi connectivity index (χ4v) is 1.08. The summed E-state index contributed by atoms with van der Waals surface area (Å²) in [4.78, 5) is 21.8. The molecule has 0 radical (unpaired) electrons. The number of aryl methyl sites for hydroxylation is 1. The van der Waals surface area contributed by atoms with Crippen molar-refractivity contribution in [3.05, 3.63) is 17.5 Å². The van der Waals surface area contributed by atoms with Crippen molar-refractivity contribution in [3.63, 3.8) is 0 Å². The lowest BCUT2D eigenvalue weighted by atomic mass is 10.2. The van der Waals surface area contributed by atoms with E-state index in [0.29, 0.717) is 5.69 Å². The van der Waals surface area contributed by atoms with Crippen molar-refractivity contribution in [2.24, 2.45) is 0 Å². The molecular formula is C9H12N2O4. The number of aliphatic carboxylic acids is 1. The normalized spacial score (nSPS) is 12.1. The van der Waals surface area contributed by atoms with Crippen molar-refractivity contribution in [3.8, 4) is 0 Å². The summed E-state index contributed by atoms with van der Waals surface area (Å²) in [6.45, 7) is 3.30. The van der Waals surface area contributed by atoms with Gasteiger partial charge in [-0.3, -0.25) is 9.59 Å². The van der Waals surface area contributed by atoms with Gasteiger partial charge in [0.25, 0.3) is 5.91 Å². The number of carboxylic acids is 1. The zero-order valence-electron chi connectivity index (χ0n) is 8.48. The Labute approximate surface area is 86.3 Å². The number of rotatable bonds is 4. The number of hydrogen-bond acceptors (Lipinski definition) is 4. The molecule has 1 atom stereocenters. The summed E-state index contributed by atoms with van der Waals surface area (Å²) in [5, 5.41) is 14.5. The number of amides is 1. The van der Waals surface area contributed by atoms with Crippen LogP contribution in [0.1, 0.15) is 29.6 Å². The van der Waals surface area contributed by atoms with E-state index in [1.165, 1.54) is 6.07 Å². The van der Waals surface area contributed by atoms with Gasteiger partial charge in [0.1, 0.15) is 0 Å². The SMILES string of the molecule is Cc1cc(C(=O)NC(C)CC(=O)O)on1. The van der Waals surface area contributed by atoms with Gasteiger partial charge in [-0.15, -0.1) is 0 Å². The van der Waals surface area contributed by atoms with Crippen LogP contribution in [0.3, 0.4) is 0 Å². The largest absolute Gasteiger partial charge is 0.481 e. The molecule has 1 unspecified atom stereocenters. The Hall–Kier alpha value is -1.85. The van der Waals surface area contributed by atoms with E-state index in [2.05, 4.69) is 10.5 Å². The van der Waals surface area contributed by atoms with Crippen LogP contribution in [0.4, 0.5) is 0 Å².